The molecular formula is C18H16ClFN2S. The van der Waals surface area contributed by atoms with Crippen LogP contribution < -0.4 is 0 Å². The van der Waals surface area contributed by atoms with Gasteiger partial charge in [0.05, 0.1) is 0 Å². The molecule has 1 aromatic carbocycles. The van der Waals surface area contributed by atoms with Crippen LogP contribution in [0.2, 0.25) is 5.02 Å². The molecular weight excluding hydrogens is 331 g/mol. The van der Waals surface area contributed by atoms with Gasteiger partial charge in [-0.05, 0) is 48.1 Å². The van der Waals surface area contributed by atoms with Gasteiger partial charge in [-0.1, -0.05) is 23.7 Å². The quantitative estimate of drug-likeness (QED) is 0.579. The van der Waals surface area contributed by atoms with Crippen molar-refractivity contribution in [2.75, 3.05) is 18.8 Å². The summed E-state index contributed by atoms with van der Waals surface area (Å²) in [6, 6.07) is 10.2. The summed E-state index contributed by atoms with van der Waals surface area (Å²) in [7, 11) is -0.980. The maximum atomic E-state index is 13.5. The van der Waals surface area contributed by atoms with Gasteiger partial charge in [0.2, 0.25) is 0 Å². The molecule has 0 atom stereocenters. The van der Waals surface area contributed by atoms with Gasteiger partial charge in [-0.25, -0.2) is 9.37 Å². The molecule has 0 bridgehead atoms. The average molecular weight is 347 g/mol. The zero-order valence-corrected chi connectivity index (χ0v) is 14.7. The summed E-state index contributed by atoms with van der Waals surface area (Å²) < 4.78 is 15.3. The molecule has 0 radical (unpaired) electrons. The molecule has 0 aliphatic rings. The van der Waals surface area contributed by atoms with Crippen LogP contribution in [-0.2, 0) is 0 Å². The number of aromatic nitrogens is 2. The molecule has 0 N–H and O–H groups in total. The molecule has 0 amide bonds. The van der Waals surface area contributed by atoms with Crippen molar-refractivity contribution in [1.29, 1.82) is 0 Å². The van der Waals surface area contributed by atoms with Crippen molar-refractivity contribution < 1.29 is 4.39 Å². The normalized spacial score (nSPS) is 12.0. The Labute approximate surface area is 141 Å². The molecule has 0 saturated carbocycles. The number of rotatable bonds is 1. The average Bonchev–Trinajstić information content (AvgIpc) is 2.82. The standard InChI is InChI=1S/C18H16ClFN2S/c1-23(2,3)11-9-16-18(13-4-6-14(19)7-5-13)21-17-12-15(20)8-10-22(16)17/h4-8,10,12H,1-3H3. The van der Waals surface area contributed by atoms with Gasteiger partial charge >= 0.3 is 0 Å². The lowest BCUT2D eigenvalue weighted by Gasteiger charge is -2.14. The molecule has 0 aliphatic carbocycles. The lowest BCUT2D eigenvalue weighted by atomic mass is 10.1. The zero-order chi connectivity index (χ0) is 16.6. The van der Waals surface area contributed by atoms with Crippen LogP contribution >= 0.6 is 21.6 Å². The van der Waals surface area contributed by atoms with Crippen molar-refractivity contribution in [1.82, 2.24) is 9.38 Å². The smallest absolute Gasteiger partial charge is 0.141 e. The molecule has 3 aromatic rings. The summed E-state index contributed by atoms with van der Waals surface area (Å²) in [5.41, 5.74) is 2.96. The Morgan fingerprint density at radius 2 is 1.83 bits per heavy atom. The number of benzene rings is 1. The third kappa shape index (κ3) is 3.52. The molecule has 0 spiro atoms. The van der Waals surface area contributed by atoms with E-state index in [0.29, 0.717) is 10.7 Å². The van der Waals surface area contributed by atoms with Crippen LogP contribution in [-0.4, -0.2) is 28.2 Å². The number of halogens is 2. The molecule has 5 heteroatoms. The molecule has 118 valence electrons. The molecule has 23 heavy (non-hydrogen) atoms. The summed E-state index contributed by atoms with van der Waals surface area (Å²) in [6.45, 7) is 0. The van der Waals surface area contributed by atoms with E-state index in [9.17, 15) is 4.39 Å². The second-order valence-electron chi connectivity index (χ2n) is 5.95. The van der Waals surface area contributed by atoms with E-state index < -0.39 is 10.0 Å². The maximum Gasteiger partial charge on any atom is 0.141 e. The predicted octanol–water partition coefficient (Wildman–Crippen LogP) is 4.80. The van der Waals surface area contributed by atoms with Gasteiger partial charge in [0.15, 0.2) is 0 Å². The number of hydrogen-bond donors (Lipinski definition) is 0. The molecule has 0 saturated heterocycles. The topological polar surface area (TPSA) is 17.3 Å². The molecule has 0 fully saturated rings. The zero-order valence-electron chi connectivity index (χ0n) is 13.1. The first kappa shape index (κ1) is 15.9. The first-order valence-electron chi connectivity index (χ1n) is 6.98. The lowest BCUT2D eigenvalue weighted by molar-refractivity contribution is 0.626. The van der Waals surface area contributed by atoms with Crippen LogP contribution in [0.1, 0.15) is 5.69 Å². The van der Waals surface area contributed by atoms with Crippen LogP contribution in [0.5, 0.6) is 0 Å². The second kappa shape index (κ2) is 5.92. The largest absolute Gasteiger partial charge is 0.292 e. The number of fused-ring (bicyclic) bond motifs is 1. The summed E-state index contributed by atoms with van der Waals surface area (Å²) in [6.07, 6.45) is 8.06. The highest BCUT2D eigenvalue weighted by Gasteiger charge is 2.13. The van der Waals surface area contributed by atoms with Crippen LogP contribution in [0.4, 0.5) is 4.39 Å². The van der Waals surface area contributed by atoms with Gasteiger partial charge in [-0.15, -0.1) is 0 Å². The van der Waals surface area contributed by atoms with Crippen LogP contribution in [0.3, 0.4) is 0 Å². The summed E-state index contributed by atoms with van der Waals surface area (Å²) in [5, 5.41) is 3.97. The van der Waals surface area contributed by atoms with Crippen molar-refractivity contribution >= 4 is 27.3 Å². The monoisotopic (exact) mass is 346 g/mol. The van der Waals surface area contributed by atoms with Gasteiger partial charge in [-0.2, -0.15) is 10.0 Å². The van der Waals surface area contributed by atoms with E-state index >= 15 is 0 Å². The number of nitrogens with zero attached hydrogens (tertiary/aromatic N) is 2. The molecule has 2 aromatic heterocycles. The van der Waals surface area contributed by atoms with Crippen molar-refractivity contribution in [2.24, 2.45) is 0 Å². The highest BCUT2D eigenvalue weighted by Crippen LogP contribution is 2.33. The highest BCUT2D eigenvalue weighted by molar-refractivity contribution is 8.35. The predicted molar refractivity (Wildman–Crippen MR) is 97.8 cm³/mol. The Bertz CT molecular complexity index is 928. The van der Waals surface area contributed by atoms with E-state index in [2.05, 4.69) is 34.9 Å². The number of pyridine rings is 1. The maximum absolute atomic E-state index is 13.5. The number of hydrogen-bond acceptors (Lipinski definition) is 1. The molecule has 3 rings (SSSR count). The third-order valence-electron chi connectivity index (χ3n) is 3.18. The summed E-state index contributed by atoms with van der Waals surface area (Å²) in [5.74, 6) is 2.93. The molecule has 0 aliphatic heterocycles. The van der Waals surface area contributed by atoms with E-state index in [-0.39, 0.29) is 5.82 Å². The third-order valence-corrected chi connectivity index (χ3v) is 4.15. The first-order valence-corrected chi connectivity index (χ1v) is 10.2. The lowest BCUT2D eigenvalue weighted by Crippen LogP contribution is -1.92. The first-order chi connectivity index (χ1) is 10.8. The summed E-state index contributed by atoms with van der Waals surface area (Å²) in [4.78, 5) is 4.56. The van der Waals surface area contributed by atoms with Crippen LogP contribution in [0, 0.1) is 17.0 Å². The fraction of sp³-hybridized carbons (Fsp3) is 0.167. The van der Waals surface area contributed by atoms with Crippen LogP contribution in [0.15, 0.2) is 42.6 Å². The fourth-order valence-corrected chi connectivity index (χ4v) is 2.68. The van der Waals surface area contributed by atoms with Gasteiger partial charge in [0.1, 0.15) is 22.9 Å². The van der Waals surface area contributed by atoms with E-state index in [1.165, 1.54) is 12.1 Å². The summed E-state index contributed by atoms with van der Waals surface area (Å²) >= 11 is 5.96. The minimum atomic E-state index is -0.980. The van der Waals surface area contributed by atoms with E-state index in [1.54, 1.807) is 6.20 Å². The van der Waals surface area contributed by atoms with Crippen molar-refractivity contribution in [3.63, 3.8) is 0 Å². The Balaban J connectivity index is 2.26. The Morgan fingerprint density at radius 1 is 1.13 bits per heavy atom. The SMILES string of the molecule is CS(C)(C)C#Cc1c(-c2ccc(Cl)cc2)nc2cc(F)ccn12. The minimum Gasteiger partial charge on any atom is -0.292 e. The fourth-order valence-electron chi connectivity index (χ4n) is 2.15. The molecule has 0 unspecified atom stereocenters. The Kier molecular flexibility index (Phi) is 4.09. The minimum absolute atomic E-state index is 0.314. The van der Waals surface area contributed by atoms with Crippen LogP contribution in [0.25, 0.3) is 16.9 Å². The number of imidazole rings is 1. The van der Waals surface area contributed by atoms with Gasteiger partial charge < -0.3 is 0 Å². The van der Waals surface area contributed by atoms with E-state index in [4.69, 9.17) is 11.6 Å². The molecule has 2 nitrogen and oxygen atoms in total. The van der Waals surface area contributed by atoms with Gasteiger partial charge in [0.25, 0.3) is 0 Å². The van der Waals surface area contributed by atoms with Crippen molar-refractivity contribution in [3.8, 4) is 22.4 Å². The Morgan fingerprint density at radius 3 is 2.48 bits per heavy atom. The van der Waals surface area contributed by atoms with E-state index in [0.717, 1.165) is 17.0 Å². The van der Waals surface area contributed by atoms with Gasteiger partial charge in [-0.3, -0.25) is 4.40 Å². The Hall–Kier alpha value is -1.96. The highest BCUT2D eigenvalue weighted by atomic mass is 35.5. The van der Waals surface area contributed by atoms with E-state index in [1.807, 2.05) is 28.7 Å². The second-order valence-corrected chi connectivity index (χ2v) is 10.3. The van der Waals surface area contributed by atoms with Gasteiger partial charge in [0, 0.05) is 22.8 Å². The molecule has 2 heterocycles. The van der Waals surface area contributed by atoms with Crippen molar-refractivity contribution in [2.45, 2.75) is 0 Å². The van der Waals surface area contributed by atoms with Crippen molar-refractivity contribution in [3.05, 3.63) is 59.1 Å².